The van der Waals surface area contributed by atoms with Crippen molar-refractivity contribution in [2.45, 2.75) is 19.4 Å². The van der Waals surface area contributed by atoms with E-state index in [4.69, 9.17) is 33.7 Å². The number of hydrogen-bond donors (Lipinski definition) is 1. The highest BCUT2D eigenvalue weighted by Gasteiger charge is 2.11. The quantitative estimate of drug-likeness (QED) is 0.895. The van der Waals surface area contributed by atoms with Crippen molar-refractivity contribution in [1.29, 1.82) is 0 Å². The SMILES string of the molecule is CC(N)Cc1cccc(F)c1OC/C(Cl)=C/Cl. The molecular formula is C12H14Cl2FNO. The van der Waals surface area contributed by atoms with Crippen LogP contribution in [0.4, 0.5) is 4.39 Å². The summed E-state index contributed by atoms with van der Waals surface area (Å²) >= 11 is 11.1. The van der Waals surface area contributed by atoms with Crippen LogP contribution in [0, 0.1) is 5.82 Å². The van der Waals surface area contributed by atoms with E-state index in [9.17, 15) is 4.39 Å². The number of para-hydroxylation sites is 1. The van der Waals surface area contributed by atoms with Crippen LogP contribution in [0.15, 0.2) is 28.8 Å². The molecule has 0 spiro atoms. The van der Waals surface area contributed by atoms with Crippen molar-refractivity contribution in [1.82, 2.24) is 0 Å². The Labute approximate surface area is 110 Å². The van der Waals surface area contributed by atoms with Gasteiger partial charge in [-0.05, 0) is 25.0 Å². The third kappa shape index (κ3) is 4.54. The first kappa shape index (κ1) is 14.3. The summed E-state index contributed by atoms with van der Waals surface area (Å²) in [5.74, 6) is -0.247. The largest absolute Gasteiger partial charge is 0.485 e. The van der Waals surface area contributed by atoms with E-state index < -0.39 is 5.82 Å². The summed E-state index contributed by atoms with van der Waals surface area (Å²) in [6, 6.07) is 4.66. The number of rotatable bonds is 5. The van der Waals surface area contributed by atoms with Gasteiger partial charge >= 0.3 is 0 Å². The lowest BCUT2D eigenvalue weighted by Gasteiger charge is -2.13. The Morgan fingerprint density at radius 1 is 1.59 bits per heavy atom. The van der Waals surface area contributed by atoms with Crippen LogP contribution >= 0.6 is 23.2 Å². The Morgan fingerprint density at radius 3 is 2.88 bits per heavy atom. The molecule has 0 bridgehead atoms. The van der Waals surface area contributed by atoms with Gasteiger partial charge in [-0.2, -0.15) is 0 Å². The van der Waals surface area contributed by atoms with Crippen LogP contribution in [0.25, 0.3) is 0 Å². The fourth-order valence-corrected chi connectivity index (χ4v) is 1.51. The lowest BCUT2D eigenvalue weighted by molar-refractivity contribution is 0.333. The summed E-state index contributed by atoms with van der Waals surface area (Å²) in [6.07, 6.45) is 0.537. The van der Waals surface area contributed by atoms with Crippen molar-refractivity contribution in [2.24, 2.45) is 5.73 Å². The highest BCUT2D eigenvalue weighted by atomic mass is 35.5. The van der Waals surface area contributed by atoms with Crippen molar-refractivity contribution < 1.29 is 9.13 Å². The molecule has 1 atom stereocenters. The second-order valence-corrected chi connectivity index (χ2v) is 4.46. The molecule has 1 rings (SSSR count). The highest BCUT2D eigenvalue weighted by molar-refractivity contribution is 6.36. The summed E-state index contributed by atoms with van der Waals surface area (Å²) in [6.45, 7) is 1.89. The third-order valence-corrected chi connectivity index (χ3v) is 2.66. The van der Waals surface area contributed by atoms with E-state index in [-0.39, 0.29) is 18.4 Å². The summed E-state index contributed by atoms with van der Waals surface area (Å²) in [5, 5.41) is 0.307. The average Bonchev–Trinajstić information content (AvgIpc) is 2.27. The fraction of sp³-hybridized carbons (Fsp3) is 0.333. The van der Waals surface area contributed by atoms with Gasteiger partial charge in [-0.3, -0.25) is 0 Å². The second-order valence-electron chi connectivity index (χ2n) is 3.75. The summed E-state index contributed by atoms with van der Waals surface area (Å²) in [4.78, 5) is 0. The maximum absolute atomic E-state index is 13.6. The van der Waals surface area contributed by atoms with Gasteiger partial charge in [0, 0.05) is 11.6 Å². The molecule has 0 radical (unpaired) electrons. The standard InChI is InChI=1S/C12H14Cl2FNO/c1-8(16)5-9-3-2-4-11(15)12(9)17-7-10(14)6-13/h2-4,6,8H,5,7,16H2,1H3/b10-6-. The number of nitrogens with two attached hydrogens (primary N) is 1. The summed E-state index contributed by atoms with van der Waals surface area (Å²) in [5.41, 5.74) is 7.60. The van der Waals surface area contributed by atoms with Gasteiger partial charge in [0.25, 0.3) is 0 Å². The number of benzene rings is 1. The normalized spacial score (nSPS) is 13.6. The number of hydrogen-bond acceptors (Lipinski definition) is 2. The second kappa shape index (κ2) is 6.84. The zero-order valence-corrected chi connectivity index (χ0v) is 10.9. The molecule has 2 N–H and O–H groups in total. The van der Waals surface area contributed by atoms with E-state index in [0.29, 0.717) is 11.5 Å². The van der Waals surface area contributed by atoms with Gasteiger partial charge in [-0.15, -0.1) is 0 Å². The van der Waals surface area contributed by atoms with Crippen molar-refractivity contribution in [3.8, 4) is 5.75 Å². The van der Waals surface area contributed by atoms with Gasteiger partial charge in [0.1, 0.15) is 6.61 Å². The molecule has 0 saturated heterocycles. The molecule has 0 heterocycles. The van der Waals surface area contributed by atoms with Crippen LogP contribution in [0.2, 0.25) is 0 Å². The molecular weight excluding hydrogens is 264 g/mol. The minimum Gasteiger partial charge on any atom is -0.485 e. The monoisotopic (exact) mass is 277 g/mol. The molecule has 17 heavy (non-hydrogen) atoms. The summed E-state index contributed by atoms with van der Waals surface area (Å²) in [7, 11) is 0. The lowest BCUT2D eigenvalue weighted by Crippen LogP contribution is -2.18. The van der Waals surface area contributed by atoms with Crippen LogP contribution < -0.4 is 10.5 Å². The first-order valence-electron chi connectivity index (χ1n) is 5.15. The van der Waals surface area contributed by atoms with Crippen LogP contribution in [0.5, 0.6) is 5.75 Å². The van der Waals surface area contributed by atoms with Crippen molar-refractivity contribution in [2.75, 3.05) is 6.61 Å². The minimum absolute atomic E-state index is 0.0396. The van der Waals surface area contributed by atoms with E-state index >= 15 is 0 Å². The molecule has 94 valence electrons. The minimum atomic E-state index is -0.429. The van der Waals surface area contributed by atoms with Gasteiger partial charge in [0.15, 0.2) is 11.6 Å². The van der Waals surface area contributed by atoms with Crippen molar-refractivity contribution in [3.63, 3.8) is 0 Å². The molecule has 0 aliphatic carbocycles. The van der Waals surface area contributed by atoms with Gasteiger partial charge in [-0.1, -0.05) is 35.3 Å². The Kier molecular flexibility index (Phi) is 5.75. The Morgan fingerprint density at radius 2 is 2.29 bits per heavy atom. The fourth-order valence-electron chi connectivity index (χ4n) is 1.40. The van der Waals surface area contributed by atoms with E-state index in [1.807, 2.05) is 6.92 Å². The molecule has 0 fully saturated rings. The lowest BCUT2D eigenvalue weighted by atomic mass is 10.1. The first-order valence-corrected chi connectivity index (χ1v) is 5.96. The average molecular weight is 278 g/mol. The van der Waals surface area contributed by atoms with Crippen LogP contribution in [0.3, 0.4) is 0 Å². The van der Waals surface area contributed by atoms with Gasteiger partial charge in [0.05, 0.1) is 5.03 Å². The Balaban J connectivity index is 2.87. The Hall–Kier alpha value is -0.770. The van der Waals surface area contributed by atoms with Gasteiger partial charge in [0.2, 0.25) is 0 Å². The molecule has 0 amide bonds. The smallest absolute Gasteiger partial charge is 0.165 e. The maximum Gasteiger partial charge on any atom is 0.165 e. The van der Waals surface area contributed by atoms with Gasteiger partial charge in [-0.25, -0.2) is 4.39 Å². The Bertz CT molecular complexity index is 407. The van der Waals surface area contributed by atoms with E-state index in [1.54, 1.807) is 12.1 Å². The third-order valence-electron chi connectivity index (χ3n) is 2.06. The molecule has 0 aromatic heterocycles. The molecule has 5 heteroatoms. The zero-order valence-electron chi connectivity index (χ0n) is 9.42. The van der Waals surface area contributed by atoms with Crippen LogP contribution in [-0.4, -0.2) is 12.6 Å². The molecule has 1 aromatic rings. The number of halogens is 3. The predicted octanol–water partition coefficient (Wildman–Crippen LogP) is 3.41. The predicted molar refractivity (Wildman–Crippen MR) is 69.0 cm³/mol. The highest BCUT2D eigenvalue weighted by Crippen LogP contribution is 2.24. The molecule has 1 aromatic carbocycles. The van der Waals surface area contributed by atoms with Crippen molar-refractivity contribution >= 4 is 23.2 Å². The topological polar surface area (TPSA) is 35.2 Å². The molecule has 1 unspecified atom stereocenters. The molecule has 2 nitrogen and oxygen atoms in total. The van der Waals surface area contributed by atoms with Crippen LogP contribution in [0.1, 0.15) is 12.5 Å². The van der Waals surface area contributed by atoms with Crippen LogP contribution in [-0.2, 0) is 6.42 Å². The number of ether oxygens (including phenoxy) is 1. The molecule has 0 aliphatic rings. The maximum atomic E-state index is 13.6. The first-order chi connectivity index (χ1) is 8.04. The van der Waals surface area contributed by atoms with Gasteiger partial charge < -0.3 is 10.5 Å². The van der Waals surface area contributed by atoms with Crippen molar-refractivity contribution in [3.05, 3.63) is 40.1 Å². The zero-order chi connectivity index (χ0) is 12.8. The summed E-state index contributed by atoms with van der Waals surface area (Å²) < 4.78 is 18.9. The van der Waals surface area contributed by atoms with E-state index in [0.717, 1.165) is 5.56 Å². The molecule has 0 saturated carbocycles. The van der Waals surface area contributed by atoms with E-state index in [2.05, 4.69) is 0 Å². The molecule has 0 aliphatic heterocycles. The van der Waals surface area contributed by atoms with E-state index in [1.165, 1.54) is 11.6 Å².